The predicted octanol–water partition coefficient (Wildman–Crippen LogP) is 2.98. The lowest BCUT2D eigenvalue weighted by Crippen LogP contribution is -2.17. The van der Waals surface area contributed by atoms with E-state index in [1.165, 1.54) is 6.21 Å². The Labute approximate surface area is 121 Å². The van der Waals surface area contributed by atoms with Crippen molar-refractivity contribution in [2.75, 3.05) is 0 Å². The van der Waals surface area contributed by atoms with Crippen LogP contribution >= 0.6 is 11.6 Å². The number of carbonyl (C=O) groups is 1. The molecule has 0 atom stereocenters. The minimum Gasteiger partial charge on any atom is -0.267 e. The van der Waals surface area contributed by atoms with Gasteiger partial charge in [0.2, 0.25) is 0 Å². The van der Waals surface area contributed by atoms with Gasteiger partial charge in [0, 0.05) is 10.6 Å². The van der Waals surface area contributed by atoms with Crippen LogP contribution in [0.5, 0.6) is 0 Å². The molecule has 0 fully saturated rings. The molecule has 0 bridgehead atoms. The van der Waals surface area contributed by atoms with Crippen LogP contribution in [0.15, 0.2) is 53.6 Å². The molecule has 0 saturated heterocycles. The maximum atomic E-state index is 11.8. The molecule has 0 saturated carbocycles. The molecule has 5 heteroatoms. The van der Waals surface area contributed by atoms with Gasteiger partial charge in [-0.05, 0) is 35.9 Å². The summed E-state index contributed by atoms with van der Waals surface area (Å²) >= 11 is 5.80. The summed E-state index contributed by atoms with van der Waals surface area (Å²) in [5.41, 5.74) is 4.21. The molecular formula is C15H10ClN3O. The number of amides is 1. The van der Waals surface area contributed by atoms with Crippen LogP contribution in [0.2, 0.25) is 5.02 Å². The molecule has 0 radical (unpaired) electrons. The molecule has 20 heavy (non-hydrogen) atoms. The highest BCUT2D eigenvalue weighted by Gasteiger charge is 2.03. The van der Waals surface area contributed by atoms with Crippen molar-refractivity contribution in [1.82, 2.24) is 5.43 Å². The van der Waals surface area contributed by atoms with Gasteiger partial charge in [0.25, 0.3) is 5.91 Å². The van der Waals surface area contributed by atoms with E-state index in [9.17, 15) is 4.79 Å². The quantitative estimate of drug-likeness (QED) is 0.695. The number of nitrogens with one attached hydrogen (secondary N) is 1. The number of hydrazone groups is 1. The van der Waals surface area contributed by atoms with Gasteiger partial charge >= 0.3 is 0 Å². The van der Waals surface area contributed by atoms with Crippen molar-refractivity contribution < 1.29 is 4.79 Å². The Bertz CT molecular complexity index is 687. The fourth-order valence-corrected chi connectivity index (χ4v) is 1.69. The van der Waals surface area contributed by atoms with Gasteiger partial charge in [0.1, 0.15) is 0 Å². The number of benzene rings is 2. The molecule has 4 nitrogen and oxygen atoms in total. The zero-order valence-electron chi connectivity index (χ0n) is 10.4. The van der Waals surface area contributed by atoms with E-state index >= 15 is 0 Å². The highest BCUT2D eigenvalue weighted by molar-refractivity contribution is 6.30. The maximum absolute atomic E-state index is 11.8. The summed E-state index contributed by atoms with van der Waals surface area (Å²) in [6.45, 7) is 0. The second-order valence-electron chi connectivity index (χ2n) is 3.94. The van der Waals surface area contributed by atoms with Crippen molar-refractivity contribution in [2.45, 2.75) is 0 Å². The van der Waals surface area contributed by atoms with Crippen molar-refractivity contribution in [3.8, 4) is 6.07 Å². The summed E-state index contributed by atoms with van der Waals surface area (Å²) in [7, 11) is 0. The fourth-order valence-electron chi connectivity index (χ4n) is 1.50. The first kappa shape index (κ1) is 13.8. The van der Waals surface area contributed by atoms with E-state index in [1.807, 2.05) is 6.07 Å². The van der Waals surface area contributed by atoms with Crippen LogP contribution in [0, 0.1) is 11.3 Å². The molecule has 1 N–H and O–H groups in total. The SMILES string of the molecule is N#Cc1ccc(/C=N\NC(=O)c2cccc(Cl)c2)cc1. The smallest absolute Gasteiger partial charge is 0.267 e. The van der Waals surface area contributed by atoms with Crippen LogP contribution in [0.25, 0.3) is 0 Å². The standard InChI is InChI=1S/C15H10ClN3O/c16-14-3-1-2-13(8-14)15(20)19-18-10-12-6-4-11(9-17)5-7-12/h1-8,10H,(H,19,20)/b18-10-. The zero-order valence-corrected chi connectivity index (χ0v) is 11.1. The third kappa shape index (κ3) is 3.67. The number of nitriles is 1. The van der Waals surface area contributed by atoms with Crippen molar-refractivity contribution in [2.24, 2.45) is 5.10 Å². The lowest BCUT2D eigenvalue weighted by atomic mass is 10.2. The van der Waals surface area contributed by atoms with E-state index in [-0.39, 0.29) is 5.91 Å². The maximum Gasteiger partial charge on any atom is 0.271 e. The molecular weight excluding hydrogens is 274 g/mol. The Kier molecular flexibility index (Phi) is 4.48. The number of rotatable bonds is 3. The first-order valence-corrected chi connectivity index (χ1v) is 6.16. The summed E-state index contributed by atoms with van der Waals surface area (Å²) < 4.78 is 0. The zero-order chi connectivity index (χ0) is 14.4. The average molecular weight is 284 g/mol. The Balaban J connectivity index is 1.99. The molecule has 0 aliphatic heterocycles. The minimum atomic E-state index is -0.336. The van der Waals surface area contributed by atoms with Crippen molar-refractivity contribution in [3.63, 3.8) is 0 Å². The third-order valence-corrected chi connectivity index (χ3v) is 2.74. The Morgan fingerprint density at radius 1 is 1.25 bits per heavy atom. The average Bonchev–Trinajstić information content (AvgIpc) is 2.48. The molecule has 0 aliphatic carbocycles. The lowest BCUT2D eigenvalue weighted by Gasteiger charge is -2.00. The predicted molar refractivity (Wildman–Crippen MR) is 77.7 cm³/mol. The molecule has 0 aromatic heterocycles. The largest absolute Gasteiger partial charge is 0.271 e. The van der Waals surface area contributed by atoms with E-state index in [1.54, 1.807) is 48.5 Å². The second-order valence-corrected chi connectivity index (χ2v) is 4.38. The molecule has 1 amide bonds. The van der Waals surface area contributed by atoms with Gasteiger partial charge in [-0.15, -0.1) is 0 Å². The first-order chi connectivity index (χ1) is 9.69. The van der Waals surface area contributed by atoms with E-state index < -0.39 is 0 Å². The lowest BCUT2D eigenvalue weighted by molar-refractivity contribution is 0.0955. The van der Waals surface area contributed by atoms with Gasteiger partial charge in [-0.2, -0.15) is 10.4 Å². The van der Waals surface area contributed by atoms with Gasteiger partial charge in [-0.25, -0.2) is 5.43 Å². The Morgan fingerprint density at radius 3 is 2.65 bits per heavy atom. The summed E-state index contributed by atoms with van der Waals surface area (Å²) in [6, 6.07) is 15.5. The second kappa shape index (κ2) is 6.50. The van der Waals surface area contributed by atoms with Gasteiger partial charge in [-0.1, -0.05) is 29.8 Å². The summed E-state index contributed by atoms with van der Waals surface area (Å²) in [4.78, 5) is 11.8. The highest BCUT2D eigenvalue weighted by atomic mass is 35.5. The number of nitrogens with zero attached hydrogens (tertiary/aromatic N) is 2. The van der Waals surface area contributed by atoms with Crippen LogP contribution < -0.4 is 5.43 Å². The Morgan fingerprint density at radius 2 is 2.00 bits per heavy atom. The molecule has 0 unspecified atom stereocenters. The van der Waals surface area contributed by atoms with Crippen molar-refractivity contribution in [1.29, 1.82) is 5.26 Å². The van der Waals surface area contributed by atoms with E-state index in [0.29, 0.717) is 16.1 Å². The van der Waals surface area contributed by atoms with E-state index in [0.717, 1.165) is 5.56 Å². The van der Waals surface area contributed by atoms with Crippen LogP contribution in [0.3, 0.4) is 0 Å². The molecule has 0 heterocycles. The number of hydrogen-bond donors (Lipinski definition) is 1. The molecule has 98 valence electrons. The van der Waals surface area contributed by atoms with Gasteiger partial charge in [0.05, 0.1) is 17.8 Å². The minimum absolute atomic E-state index is 0.336. The van der Waals surface area contributed by atoms with Gasteiger partial charge in [0.15, 0.2) is 0 Å². The molecule has 2 aromatic rings. The molecule has 0 aliphatic rings. The number of halogens is 1. The Hall–Kier alpha value is -2.64. The van der Waals surface area contributed by atoms with Gasteiger partial charge < -0.3 is 0 Å². The monoisotopic (exact) mass is 283 g/mol. The molecule has 0 spiro atoms. The number of hydrogen-bond acceptors (Lipinski definition) is 3. The molecule has 2 rings (SSSR count). The van der Waals surface area contributed by atoms with E-state index in [2.05, 4.69) is 10.5 Å². The van der Waals surface area contributed by atoms with Crippen LogP contribution in [-0.2, 0) is 0 Å². The van der Waals surface area contributed by atoms with Gasteiger partial charge in [-0.3, -0.25) is 4.79 Å². The van der Waals surface area contributed by atoms with Crippen molar-refractivity contribution >= 4 is 23.7 Å². The summed E-state index contributed by atoms with van der Waals surface area (Å²) in [6.07, 6.45) is 1.50. The fraction of sp³-hybridized carbons (Fsp3) is 0. The van der Waals surface area contributed by atoms with Crippen LogP contribution in [0.1, 0.15) is 21.5 Å². The summed E-state index contributed by atoms with van der Waals surface area (Å²) in [5.74, 6) is -0.336. The highest BCUT2D eigenvalue weighted by Crippen LogP contribution is 2.10. The number of carbonyl (C=O) groups excluding carboxylic acids is 1. The first-order valence-electron chi connectivity index (χ1n) is 5.78. The third-order valence-electron chi connectivity index (χ3n) is 2.51. The van der Waals surface area contributed by atoms with E-state index in [4.69, 9.17) is 16.9 Å². The van der Waals surface area contributed by atoms with Crippen LogP contribution in [-0.4, -0.2) is 12.1 Å². The van der Waals surface area contributed by atoms with Crippen molar-refractivity contribution in [3.05, 3.63) is 70.2 Å². The molecule has 2 aromatic carbocycles. The van der Waals surface area contributed by atoms with Crippen LogP contribution in [0.4, 0.5) is 0 Å². The summed E-state index contributed by atoms with van der Waals surface area (Å²) in [5, 5.41) is 13.0. The normalized spacial score (nSPS) is 10.2. The topological polar surface area (TPSA) is 65.2 Å².